The molecule has 3 rings (SSSR count). The van der Waals surface area contributed by atoms with Crippen molar-refractivity contribution in [1.82, 2.24) is 26.2 Å². The zero-order chi connectivity index (χ0) is 29.7. The van der Waals surface area contributed by atoms with Crippen LogP contribution < -0.4 is 21.3 Å². The molecule has 0 saturated carbocycles. The molecule has 2 fully saturated rings. The Labute approximate surface area is 246 Å². The van der Waals surface area contributed by atoms with Crippen LogP contribution in [-0.2, 0) is 24.0 Å². The summed E-state index contributed by atoms with van der Waals surface area (Å²) in [5.41, 5.74) is -0.676. The van der Waals surface area contributed by atoms with E-state index in [2.05, 4.69) is 21.3 Å². The van der Waals surface area contributed by atoms with E-state index in [0.29, 0.717) is 5.56 Å². The van der Waals surface area contributed by atoms with E-state index in [1.54, 1.807) is 37.3 Å². The Kier molecular flexibility index (Phi) is 11.0. The van der Waals surface area contributed by atoms with Gasteiger partial charge in [-0.25, -0.2) is 0 Å². The molecule has 0 unspecified atom stereocenters. The predicted molar refractivity (Wildman–Crippen MR) is 146 cm³/mol. The number of rotatable bonds is 4. The lowest BCUT2D eigenvalue weighted by molar-refractivity contribution is -0.143. The molecule has 0 aliphatic carbocycles. The van der Waals surface area contributed by atoms with E-state index < -0.39 is 88.7 Å². The first-order valence-electron chi connectivity index (χ1n) is 12.7. The maximum absolute atomic E-state index is 13.6. The van der Waals surface area contributed by atoms with Gasteiger partial charge in [0.15, 0.2) is 0 Å². The van der Waals surface area contributed by atoms with Crippen LogP contribution in [-0.4, -0.2) is 97.8 Å². The molecule has 0 aromatic heterocycles. The molecule has 2 aliphatic heterocycles. The minimum absolute atomic E-state index is 0.118. The molecule has 40 heavy (non-hydrogen) atoms. The zero-order valence-corrected chi connectivity index (χ0v) is 24.0. The molecule has 12 nitrogen and oxygen atoms in total. The van der Waals surface area contributed by atoms with E-state index >= 15 is 0 Å². The maximum Gasteiger partial charge on any atom is 0.247 e. The summed E-state index contributed by atoms with van der Waals surface area (Å²) >= 11 is 19.2. The van der Waals surface area contributed by atoms with Crippen molar-refractivity contribution in [2.24, 2.45) is 0 Å². The molecule has 9 atom stereocenters. The molecular formula is C25H32Cl3N5O7. The number of hydrogen-bond acceptors (Lipinski definition) is 7. The lowest BCUT2D eigenvalue weighted by atomic mass is 10.0. The molecule has 6 N–H and O–H groups in total. The van der Waals surface area contributed by atoms with Crippen molar-refractivity contribution in [3.63, 3.8) is 0 Å². The number of alkyl halides is 3. The highest BCUT2D eigenvalue weighted by molar-refractivity contribution is 6.37. The van der Waals surface area contributed by atoms with E-state index in [9.17, 15) is 34.2 Å². The van der Waals surface area contributed by atoms with Gasteiger partial charge in [0.2, 0.25) is 29.5 Å². The van der Waals surface area contributed by atoms with Gasteiger partial charge in [-0.3, -0.25) is 24.0 Å². The minimum atomic E-state index is -1.60. The van der Waals surface area contributed by atoms with E-state index in [1.165, 1.54) is 6.92 Å². The van der Waals surface area contributed by atoms with Crippen LogP contribution in [0, 0.1) is 0 Å². The van der Waals surface area contributed by atoms with Crippen LogP contribution >= 0.6 is 34.8 Å². The molecule has 1 aromatic rings. The topological polar surface area (TPSA) is 177 Å². The molecule has 2 saturated heterocycles. The number of aliphatic hydroxyl groups is 2. The van der Waals surface area contributed by atoms with E-state index in [-0.39, 0.29) is 12.8 Å². The predicted octanol–water partition coefficient (Wildman–Crippen LogP) is -0.524. The molecule has 15 heteroatoms. The second-order valence-corrected chi connectivity index (χ2v) is 11.1. The number of nitrogens with zero attached hydrogens (tertiary/aromatic N) is 1. The number of hydrogen-bond donors (Lipinski definition) is 6. The highest BCUT2D eigenvalue weighted by atomic mass is 35.5. The number of nitrogens with one attached hydrogen (secondary N) is 4. The fourth-order valence-corrected chi connectivity index (χ4v) is 5.66. The van der Waals surface area contributed by atoms with Gasteiger partial charge in [0.1, 0.15) is 29.7 Å². The summed E-state index contributed by atoms with van der Waals surface area (Å²) in [5, 5.41) is 27.8. The van der Waals surface area contributed by atoms with Gasteiger partial charge < -0.3 is 36.4 Å². The number of carbonyl (C=O) groups excluding carboxylic acids is 5. The van der Waals surface area contributed by atoms with Crippen LogP contribution in [0.3, 0.4) is 0 Å². The Morgan fingerprint density at radius 1 is 0.900 bits per heavy atom. The quantitative estimate of drug-likeness (QED) is 0.194. The van der Waals surface area contributed by atoms with Gasteiger partial charge in [-0.05, 0) is 18.9 Å². The minimum Gasteiger partial charge on any atom is -0.394 e. The van der Waals surface area contributed by atoms with Gasteiger partial charge >= 0.3 is 0 Å². The molecule has 2 aliphatic rings. The summed E-state index contributed by atoms with van der Waals surface area (Å²) in [6.07, 6.45) is -1.64. The lowest BCUT2D eigenvalue weighted by Gasteiger charge is -2.33. The number of benzene rings is 1. The van der Waals surface area contributed by atoms with E-state index in [0.717, 1.165) is 4.90 Å². The Morgan fingerprint density at radius 2 is 1.55 bits per heavy atom. The van der Waals surface area contributed by atoms with Crippen molar-refractivity contribution < 1.29 is 34.2 Å². The number of aliphatic hydroxyl groups excluding tert-OH is 2. The van der Waals surface area contributed by atoms with Crippen molar-refractivity contribution in [2.75, 3.05) is 6.61 Å². The Bertz CT molecular complexity index is 1110. The summed E-state index contributed by atoms with van der Waals surface area (Å²) in [7, 11) is 0. The first-order chi connectivity index (χ1) is 18.9. The van der Waals surface area contributed by atoms with Crippen LogP contribution in [0.1, 0.15) is 38.3 Å². The van der Waals surface area contributed by atoms with Crippen molar-refractivity contribution in [3.8, 4) is 0 Å². The number of amides is 5. The van der Waals surface area contributed by atoms with E-state index in [1.807, 2.05) is 0 Å². The van der Waals surface area contributed by atoms with Crippen LogP contribution in [0.25, 0.3) is 0 Å². The second-order valence-electron chi connectivity index (χ2n) is 9.63. The van der Waals surface area contributed by atoms with Gasteiger partial charge in [0.25, 0.3) is 0 Å². The lowest BCUT2D eigenvalue weighted by Crippen LogP contribution is -2.62. The summed E-state index contributed by atoms with van der Waals surface area (Å²) in [4.78, 5) is 67.2. The zero-order valence-electron chi connectivity index (χ0n) is 21.7. The molecule has 0 bridgehead atoms. The molecule has 220 valence electrons. The monoisotopic (exact) mass is 619 g/mol. The van der Waals surface area contributed by atoms with Crippen LogP contribution in [0.2, 0.25) is 0 Å². The molecule has 5 amide bonds. The highest BCUT2D eigenvalue weighted by Crippen LogP contribution is 2.36. The van der Waals surface area contributed by atoms with Crippen LogP contribution in [0.15, 0.2) is 30.3 Å². The summed E-state index contributed by atoms with van der Waals surface area (Å²) < 4.78 is 0. The number of halogens is 3. The molecule has 0 spiro atoms. The van der Waals surface area contributed by atoms with Crippen LogP contribution in [0.4, 0.5) is 0 Å². The molecule has 2 heterocycles. The SMILES string of the molecule is CC[C@@H]1NC(=O)C[C@H](c2ccccc2)NC(=O)[C@H](CO)NC(=O)[C@H]([C@H](C)O)NC(=O)[C@@H]2[C@H](Cl)[C@H](Cl)[C@H](Cl)N2C1=O. The van der Waals surface area contributed by atoms with Gasteiger partial charge in [-0.2, -0.15) is 0 Å². The average molecular weight is 621 g/mol. The van der Waals surface area contributed by atoms with Crippen LogP contribution in [0.5, 0.6) is 0 Å². The van der Waals surface area contributed by atoms with Crippen molar-refractivity contribution >= 4 is 64.3 Å². The fraction of sp³-hybridized carbons (Fsp3) is 0.560. The first-order valence-corrected chi connectivity index (χ1v) is 14.0. The third-order valence-corrected chi connectivity index (χ3v) is 8.54. The molecule has 1 aromatic carbocycles. The smallest absolute Gasteiger partial charge is 0.247 e. The van der Waals surface area contributed by atoms with Gasteiger partial charge in [-0.15, -0.1) is 23.2 Å². The Balaban J connectivity index is 2.06. The van der Waals surface area contributed by atoms with E-state index in [4.69, 9.17) is 34.8 Å². The summed E-state index contributed by atoms with van der Waals surface area (Å²) in [6, 6.07) is 1.95. The average Bonchev–Trinajstić information content (AvgIpc) is 3.15. The standard InChI is InChI=1S/C25H32Cl3N5O7/c1-3-13-25(40)33-20(17(26)18(27)21(33)28)24(39)32-19(11(2)35)23(38)31-15(10-34)22(37)30-14(9-16(36)29-13)12-7-5-4-6-8-12/h4-8,11,13-15,17-21,34-35H,3,9-10H2,1-2H3,(H,29,36)(H,30,37)(H,31,38)(H,32,39)/t11-,13-,14+,15-,17+,18-,19-,20-,21+/m0/s1. The Morgan fingerprint density at radius 3 is 2.12 bits per heavy atom. The number of fused-ring (bicyclic) bond motifs is 1. The fourth-order valence-electron chi connectivity index (χ4n) is 4.58. The van der Waals surface area contributed by atoms with Gasteiger partial charge in [0, 0.05) is 0 Å². The van der Waals surface area contributed by atoms with Gasteiger partial charge in [0.05, 0.1) is 35.9 Å². The molecular weight excluding hydrogens is 589 g/mol. The second kappa shape index (κ2) is 13.8. The third kappa shape index (κ3) is 6.98. The first kappa shape index (κ1) is 31.9. The number of carbonyl (C=O) groups is 5. The normalized spacial score (nSPS) is 33.4. The molecule has 0 radical (unpaired) electrons. The van der Waals surface area contributed by atoms with Crippen molar-refractivity contribution in [1.29, 1.82) is 0 Å². The largest absolute Gasteiger partial charge is 0.394 e. The maximum atomic E-state index is 13.6. The van der Waals surface area contributed by atoms with Crippen molar-refractivity contribution in [3.05, 3.63) is 35.9 Å². The Hall–Kier alpha value is -2.64. The van der Waals surface area contributed by atoms with Crippen molar-refractivity contribution in [2.45, 2.75) is 79.3 Å². The van der Waals surface area contributed by atoms with Gasteiger partial charge in [-0.1, -0.05) is 48.9 Å². The summed E-state index contributed by atoms with van der Waals surface area (Å²) in [5.74, 6) is -4.07. The summed E-state index contributed by atoms with van der Waals surface area (Å²) in [6.45, 7) is 2.05. The highest BCUT2D eigenvalue weighted by Gasteiger charge is 2.54. The third-order valence-electron chi connectivity index (χ3n) is 6.78.